The van der Waals surface area contributed by atoms with Crippen LogP contribution in [0, 0.1) is 0 Å². The molecule has 1 N–H and O–H groups in total. The van der Waals surface area contributed by atoms with Crippen molar-refractivity contribution in [2.24, 2.45) is 0 Å². The van der Waals surface area contributed by atoms with Gasteiger partial charge in [-0.25, -0.2) is 4.98 Å². The zero-order chi connectivity index (χ0) is 20.8. The smallest absolute Gasteiger partial charge is 0.367 e. The van der Waals surface area contributed by atoms with E-state index in [1.54, 1.807) is 12.1 Å². The summed E-state index contributed by atoms with van der Waals surface area (Å²) in [5, 5.41) is 2.03. The van der Waals surface area contributed by atoms with Gasteiger partial charge in [-0.2, -0.15) is 26.3 Å². The molecule has 28 heavy (non-hydrogen) atoms. The van der Waals surface area contributed by atoms with Gasteiger partial charge in [0.15, 0.2) is 0 Å². The second kappa shape index (κ2) is 9.28. The van der Waals surface area contributed by atoms with Gasteiger partial charge in [0.05, 0.1) is 12.2 Å². The van der Waals surface area contributed by atoms with Crippen molar-refractivity contribution < 1.29 is 35.9 Å². The number of halogens is 6. The Labute approximate surface area is 160 Å². The Morgan fingerprint density at radius 2 is 1.68 bits per heavy atom. The summed E-state index contributed by atoms with van der Waals surface area (Å²) in [6, 6.07) is 8.80. The highest BCUT2D eigenvalue weighted by molar-refractivity contribution is 8.00. The number of benzene rings is 1. The van der Waals surface area contributed by atoms with Crippen molar-refractivity contribution >= 4 is 17.7 Å². The number of rotatable bonds is 7. The Balaban J connectivity index is 1.91. The molecule has 2 rings (SSSR count). The first-order chi connectivity index (χ1) is 13.0. The third-order valence-electron chi connectivity index (χ3n) is 3.24. The van der Waals surface area contributed by atoms with E-state index in [0.717, 1.165) is 6.20 Å². The molecule has 0 atom stereocenters. The van der Waals surface area contributed by atoms with Crippen molar-refractivity contribution in [1.82, 2.24) is 10.3 Å². The summed E-state index contributed by atoms with van der Waals surface area (Å²) in [6.45, 7) is -1.55. The van der Waals surface area contributed by atoms with Crippen LogP contribution in [0.4, 0.5) is 26.3 Å². The van der Waals surface area contributed by atoms with Crippen LogP contribution in [0.2, 0.25) is 0 Å². The number of amides is 1. The normalized spacial score (nSPS) is 12.1. The minimum absolute atomic E-state index is 0.0214. The molecule has 2 aromatic rings. The molecule has 0 bridgehead atoms. The van der Waals surface area contributed by atoms with Crippen LogP contribution < -0.4 is 5.32 Å². The van der Waals surface area contributed by atoms with Crippen LogP contribution in [0.5, 0.6) is 0 Å². The average molecular weight is 424 g/mol. The molecule has 4 nitrogen and oxygen atoms in total. The van der Waals surface area contributed by atoms with Crippen molar-refractivity contribution in [3.05, 3.63) is 59.3 Å². The van der Waals surface area contributed by atoms with Gasteiger partial charge in [-0.05, 0) is 23.3 Å². The van der Waals surface area contributed by atoms with E-state index in [4.69, 9.17) is 0 Å². The van der Waals surface area contributed by atoms with Gasteiger partial charge in [0.1, 0.15) is 11.6 Å². The first kappa shape index (κ1) is 22.0. The molecule has 1 aromatic heterocycles. The number of ether oxygens (including phenoxy) is 1. The van der Waals surface area contributed by atoms with E-state index in [1.807, 2.05) is 0 Å². The van der Waals surface area contributed by atoms with E-state index in [-0.39, 0.29) is 18.7 Å². The Morgan fingerprint density at radius 3 is 2.29 bits per heavy atom. The number of nitrogens with zero attached hydrogens (tertiary/aromatic N) is 1. The van der Waals surface area contributed by atoms with Gasteiger partial charge >= 0.3 is 11.7 Å². The molecular formula is C17H14F6N2O2S. The van der Waals surface area contributed by atoms with Gasteiger partial charge in [0.25, 0.3) is 5.91 Å². The Bertz CT molecular complexity index is 793. The SMILES string of the molecule is O=C(NCc1ccc(COCC(F)(F)F)cc1)c1cccnc1SC(F)(F)F. The molecule has 0 saturated heterocycles. The molecule has 0 aliphatic heterocycles. The Kier molecular flexibility index (Phi) is 7.30. The van der Waals surface area contributed by atoms with Gasteiger partial charge in [0, 0.05) is 24.5 Å². The van der Waals surface area contributed by atoms with E-state index in [2.05, 4.69) is 15.0 Å². The van der Waals surface area contributed by atoms with Crippen molar-refractivity contribution in [1.29, 1.82) is 0 Å². The lowest BCUT2D eigenvalue weighted by molar-refractivity contribution is -0.176. The van der Waals surface area contributed by atoms with Crippen LogP contribution >= 0.6 is 11.8 Å². The summed E-state index contributed by atoms with van der Waals surface area (Å²) >= 11 is -0.477. The van der Waals surface area contributed by atoms with Gasteiger partial charge in [-0.3, -0.25) is 4.79 Å². The van der Waals surface area contributed by atoms with E-state index in [0.29, 0.717) is 11.1 Å². The predicted octanol–water partition coefficient (Wildman–Crippen LogP) is 4.70. The summed E-state index contributed by atoms with van der Waals surface area (Å²) in [6.07, 6.45) is -3.25. The van der Waals surface area contributed by atoms with Gasteiger partial charge in [-0.1, -0.05) is 24.3 Å². The molecule has 1 heterocycles. The van der Waals surface area contributed by atoms with Crippen LogP contribution in [0.1, 0.15) is 21.5 Å². The fraction of sp³-hybridized carbons (Fsp3) is 0.294. The maximum atomic E-state index is 12.5. The lowest BCUT2D eigenvalue weighted by atomic mass is 10.1. The largest absolute Gasteiger partial charge is 0.447 e. The minimum atomic E-state index is -4.58. The highest BCUT2D eigenvalue weighted by atomic mass is 32.2. The number of hydrogen-bond acceptors (Lipinski definition) is 4. The lowest BCUT2D eigenvalue weighted by Crippen LogP contribution is -2.24. The van der Waals surface area contributed by atoms with Crippen LogP contribution in [-0.4, -0.2) is 29.2 Å². The molecule has 1 aromatic carbocycles. The van der Waals surface area contributed by atoms with Crippen molar-refractivity contribution in [2.45, 2.75) is 29.9 Å². The molecule has 0 fully saturated rings. The van der Waals surface area contributed by atoms with E-state index < -0.39 is 41.0 Å². The first-order valence-electron chi connectivity index (χ1n) is 7.75. The predicted molar refractivity (Wildman–Crippen MR) is 89.5 cm³/mol. The lowest BCUT2D eigenvalue weighted by Gasteiger charge is -2.11. The minimum Gasteiger partial charge on any atom is -0.367 e. The fourth-order valence-corrected chi connectivity index (χ4v) is 2.67. The zero-order valence-electron chi connectivity index (χ0n) is 14.1. The number of carbonyl (C=O) groups excluding carboxylic acids is 1. The third-order valence-corrected chi connectivity index (χ3v) is 3.99. The monoisotopic (exact) mass is 424 g/mol. The average Bonchev–Trinajstić information content (AvgIpc) is 2.59. The van der Waals surface area contributed by atoms with Crippen molar-refractivity contribution in [2.75, 3.05) is 6.61 Å². The van der Waals surface area contributed by atoms with E-state index in [1.165, 1.54) is 24.3 Å². The Hall–Kier alpha value is -2.27. The quantitative estimate of drug-likeness (QED) is 0.517. The van der Waals surface area contributed by atoms with Gasteiger partial charge in [0.2, 0.25) is 0 Å². The fourth-order valence-electron chi connectivity index (χ4n) is 2.07. The summed E-state index contributed by atoms with van der Waals surface area (Å²) in [5.74, 6) is -0.725. The number of carbonyl (C=O) groups is 1. The van der Waals surface area contributed by atoms with Crippen molar-refractivity contribution in [3.63, 3.8) is 0 Å². The molecule has 0 radical (unpaired) electrons. The number of alkyl halides is 6. The Morgan fingerprint density at radius 1 is 1.04 bits per heavy atom. The van der Waals surface area contributed by atoms with Crippen LogP contribution in [0.3, 0.4) is 0 Å². The number of hydrogen-bond donors (Lipinski definition) is 1. The van der Waals surface area contributed by atoms with E-state index >= 15 is 0 Å². The molecule has 0 unspecified atom stereocenters. The second-order valence-corrected chi connectivity index (χ2v) is 6.56. The molecule has 0 aliphatic carbocycles. The molecule has 0 aliphatic rings. The standard InChI is InChI=1S/C17H14F6N2O2S/c18-16(19,20)10-27-9-12-5-3-11(4-6-12)8-25-14(26)13-2-1-7-24-15(13)28-17(21,22)23/h1-7H,8-10H2,(H,25,26). The van der Waals surface area contributed by atoms with Crippen LogP contribution in [0.25, 0.3) is 0 Å². The number of nitrogens with one attached hydrogen (secondary N) is 1. The molecule has 1 amide bonds. The summed E-state index contributed by atoms with van der Waals surface area (Å²) in [5.41, 5.74) is -3.66. The maximum absolute atomic E-state index is 12.5. The first-order valence-corrected chi connectivity index (χ1v) is 8.56. The number of thioether (sulfide) groups is 1. The maximum Gasteiger partial charge on any atom is 0.447 e. The third kappa shape index (κ3) is 7.77. The topological polar surface area (TPSA) is 51.2 Å². The zero-order valence-corrected chi connectivity index (χ0v) is 14.9. The van der Waals surface area contributed by atoms with Crippen LogP contribution in [0.15, 0.2) is 47.6 Å². The molecule has 0 saturated carbocycles. The highest BCUT2D eigenvalue weighted by Gasteiger charge is 2.32. The molecule has 11 heteroatoms. The number of aromatic nitrogens is 1. The van der Waals surface area contributed by atoms with Gasteiger partial charge in [-0.15, -0.1) is 0 Å². The van der Waals surface area contributed by atoms with E-state index in [9.17, 15) is 31.1 Å². The van der Waals surface area contributed by atoms with Gasteiger partial charge < -0.3 is 10.1 Å². The summed E-state index contributed by atoms with van der Waals surface area (Å²) in [7, 11) is 0. The molecule has 152 valence electrons. The second-order valence-electron chi connectivity index (χ2n) is 5.51. The summed E-state index contributed by atoms with van der Waals surface area (Å²) in [4.78, 5) is 15.8. The van der Waals surface area contributed by atoms with Crippen LogP contribution in [-0.2, 0) is 17.9 Å². The summed E-state index contributed by atoms with van der Waals surface area (Å²) < 4.78 is 78.2. The van der Waals surface area contributed by atoms with Crippen molar-refractivity contribution in [3.8, 4) is 0 Å². The molecular weight excluding hydrogens is 410 g/mol. The molecule has 0 spiro atoms. The number of pyridine rings is 1. The highest BCUT2D eigenvalue weighted by Crippen LogP contribution is 2.37.